The first-order chi connectivity index (χ1) is 8.65. The Kier molecular flexibility index (Phi) is 3.93. The van der Waals surface area contributed by atoms with Crippen LogP contribution in [0.4, 0.5) is 0 Å². The lowest BCUT2D eigenvalue weighted by atomic mass is 10.3. The van der Waals surface area contributed by atoms with E-state index in [-0.39, 0.29) is 6.61 Å². The van der Waals surface area contributed by atoms with Crippen molar-refractivity contribution in [3.63, 3.8) is 0 Å². The molecule has 0 bridgehead atoms. The van der Waals surface area contributed by atoms with Gasteiger partial charge in [0.1, 0.15) is 10.8 Å². The minimum Gasteiger partial charge on any atom is -0.497 e. The molecule has 1 heterocycles. The van der Waals surface area contributed by atoms with Crippen molar-refractivity contribution in [1.29, 1.82) is 0 Å². The molecule has 1 aromatic heterocycles. The standard InChI is InChI=1S/C13H16N2O2S/c1-9-12(8-16)13(15(2)14-9)18-11-6-4-5-10(7-11)17-3/h4-7,16H,8H2,1-3H3. The Morgan fingerprint density at radius 3 is 2.89 bits per heavy atom. The molecule has 0 radical (unpaired) electrons. The van der Waals surface area contributed by atoms with Gasteiger partial charge in [0.25, 0.3) is 0 Å². The van der Waals surface area contributed by atoms with Gasteiger partial charge in [0.15, 0.2) is 0 Å². The van der Waals surface area contributed by atoms with Crippen molar-refractivity contribution < 1.29 is 9.84 Å². The van der Waals surface area contributed by atoms with Crippen LogP contribution in [0.15, 0.2) is 34.2 Å². The molecule has 0 saturated heterocycles. The third-order valence-corrected chi connectivity index (χ3v) is 3.90. The van der Waals surface area contributed by atoms with Crippen molar-refractivity contribution in [2.75, 3.05) is 7.11 Å². The number of ether oxygens (including phenoxy) is 1. The number of aliphatic hydroxyl groups is 1. The lowest BCUT2D eigenvalue weighted by Crippen LogP contribution is -1.94. The van der Waals surface area contributed by atoms with Gasteiger partial charge in [-0.1, -0.05) is 17.8 Å². The van der Waals surface area contributed by atoms with Gasteiger partial charge in [-0.2, -0.15) is 5.10 Å². The van der Waals surface area contributed by atoms with E-state index in [0.29, 0.717) is 0 Å². The van der Waals surface area contributed by atoms with E-state index >= 15 is 0 Å². The lowest BCUT2D eigenvalue weighted by molar-refractivity contribution is 0.277. The molecule has 18 heavy (non-hydrogen) atoms. The second kappa shape index (κ2) is 5.46. The number of aryl methyl sites for hydroxylation is 2. The molecular formula is C13H16N2O2S. The maximum atomic E-state index is 9.40. The van der Waals surface area contributed by atoms with E-state index in [1.807, 2.05) is 38.2 Å². The topological polar surface area (TPSA) is 47.3 Å². The zero-order chi connectivity index (χ0) is 13.1. The quantitative estimate of drug-likeness (QED) is 0.921. The molecule has 0 unspecified atom stereocenters. The zero-order valence-electron chi connectivity index (χ0n) is 10.7. The van der Waals surface area contributed by atoms with Crippen LogP contribution in [0, 0.1) is 6.92 Å². The molecule has 1 aromatic carbocycles. The third-order valence-electron chi connectivity index (χ3n) is 2.70. The Balaban J connectivity index is 2.33. The van der Waals surface area contributed by atoms with Gasteiger partial charge in [-0.3, -0.25) is 4.68 Å². The van der Waals surface area contributed by atoms with Crippen LogP contribution in [-0.2, 0) is 13.7 Å². The summed E-state index contributed by atoms with van der Waals surface area (Å²) in [6, 6.07) is 7.83. The molecule has 0 aliphatic rings. The highest BCUT2D eigenvalue weighted by Crippen LogP contribution is 2.33. The summed E-state index contributed by atoms with van der Waals surface area (Å²) >= 11 is 1.58. The molecule has 0 aliphatic carbocycles. The van der Waals surface area contributed by atoms with Crippen LogP contribution in [0.3, 0.4) is 0 Å². The van der Waals surface area contributed by atoms with Gasteiger partial charge in [-0.25, -0.2) is 0 Å². The Morgan fingerprint density at radius 1 is 1.44 bits per heavy atom. The van der Waals surface area contributed by atoms with Crippen LogP contribution < -0.4 is 4.74 Å². The van der Waals surface area contributed by atoms with Crippen molar-refractivity contribution in [2.45, 2.75) is 23.5 Å². The van der Waals surface area contributed by atoms with E-state index in [1.165, 1.54) is 0 Å². The number of aromatic nitrogens is 2. The van der Waals surface area contributed by atoms with Gasteiger partial charge in [0.05, 0.1) is 19.4 Å². The number of methoxy groups -OCH3 is 1. The van der Waals surface area contributed by atoms with Gasteiger partial charge in [-0.15, -0.1) is 0 Å². The van der Waals surface area contributed by atoms with Gasteiger partial charge in [0, 0.05) is 17.5 Å². The zero-order valence-corrected chi connectivity index (χ0v) is 11.5. The highest BCUT2D eigenvalue weighted by Gasteiger charge is 2.13. The molecular weight excluding hydrogens is 248 g/mol. The Labute approximate surface area is 111 Å². The van der Waals surface area contributed by atoms with E-state index in [9.17, 15) is 5.11 Å². The van der Waals surface area contributed by atoms with Crippen LogP contribution in [0.1, 0.15) is 11.3 Å². The van der Waals surface area contributed by atoms with Gasteiger partial charge >= 0.3 is 0 Å². The van der Waals surface area contributed by atoms with E-state index in [4.69, 9.17) is 4.74 Å². The van der Waals surface area contributed by atoms with E-state index in [0.717, 1.165) is 26.9 Å². The third kappa shape index (κ3) is 2.52. The van der Waals surface area contributed by atoms with Gasteiger partial charge in [0.2, 0.25) is 0 Å². The van der Waals surface area contributed by atoms with Gasteiger partial charge in [-0.05, 0) is 25.1 Å². The number of aliphatic hydroxyl groups excluding tert-OH is 1. The summed E-state index contributed by atoms with van der Waals surface area (Å²) in [6.45, 7) is 1.91. The summed E-state index contributed by atoms with van der Waals surface area (Å²) in [6.07, 6.45) is 0. The Hall–Kier alpha value is -1.46. The number of benzene rings is 1. The van der Waals surface area contributed by atoms with Crippen LogP contribution in [-0.4, -0.2) is 22.0 Å². The van der Waals surface area contributed by atoms with Crippen molar-refractivity contribution >= 4 is 11.8 Å². The molecule has 2 rings (SSSR count). The molecule has 0 amide bonds. The second-order valence-electron chi connectivity index (χ2n) is 3.93. The normalized spacial score (nSPS) is 10.7. The predicted molar refractivity (Wildman–Crippen MR) is 71.0 cm³/mol. The second-order valence-corrected chi connectivity index (χ2v) is 4.99. The average Bonchev–Trinajstić information content (AvgIpc) is 2.64. The monoisotopic (exact) mass is 264 g/mol. The molecule has 0 fully saturated rings. The highest BCUT2D eigenvalue weighted by molar-refractivity contribution is 7.99. The van der Waals surface area contributed by atoms with Crippen molar-refractivity contribution in [1.82, 2.24) is 9.78 Å². The number of rotatable bonds is 4. The molecule has 96 valence electrons. The smallest absolute Gasteiger partial charge is 0.119 e. The van der Waals surface area contributed by atoms with Crippen molar-refractivity contribution in [2.24, 2.45) is 7.05 Å². The average molecular weight is 264 g/mol. The number of hydrogen-bond donors (Lipinski definition) is 1. The minimum absolute atomic E-state index is 0.00593. The Bertz CT molecular complexity index is 552. The molecule has 5 heteroatoms. The number of hydrogen-bond acceptors (Lipinski definition) is 4. The maximum absolute atomic E-state index is 9.40. The van der Waals surface area contributed by atoms with Crippen LogP contribution >= 0.6 is 11.8 Å². The SMILES string of the molecule is COc1cccc(Sc2c(CO)c(C)nn2C)c1. The van der Waals surface area contributed by atoms with Crippen LogP contribution in [0.2, 0.25) is 0 Å². The summed E-state index contributed by atoms with van der Waals surface area (Å²) in [7, 11) is 3.53. The molecule has 1 N–H and O–H groups in total. The fraction of sp³-hybridized carbons (Fsp3) is 0.308. The summed E-state index contributed by atoms with van der Waals surface area (Å²) in [5.74, 6) is 0.824. The largest absolute Gasteiger partial charge is 0.497 e. The first kappa shape index (κ1) is 13.0. The maximum Gasteiger partial charge on any atom is 0.119 e. The molecule has 2 aromatic rings. The summed E-state index contributed by atoms with van der Waals surface area (Å²) in [5, 5.41) is 14.7. The first-order valence-electron chi connectivity index (χ1n) is 5.61. The summed E-state index contributed by atoms with van der Waals surface area (Å²) in [4.78, 5) is 1.06. The van der Waals surface area contributed by atoms with Crippen molar-refractivity contribution in [3.8, 4) is 5.75 Å². The van der Waals surface area contributed by atoms with E-state index in [1.54, 1.807) is 23.6 Å². The fourth-order valence-corrected chi connectivity index (χ4v) is 2.82. The summed E-state index contributed by atoms with van der Waals surface area (Å²) in [5.41, 5.74) is 1.75. The molecule has 0 saturated carbocycles. The molecule has 4 nitrogen and oxygen atoms in total. The fourth-order valence-electron chi connectivity index (χ4n) is 1.77. The number of nitrogens with zero attached hydrogens (tertiary/aromatic N) is 2. The van der Waals surface area contributed by atoms with E-state index in [2.05, 4.69) is 5.10 Å². The molecule has 0 aliphatic heterocycles. The predicted octanol–water partition coefficient (Wildman–Crippen LogP) is 2.38. The van der Waals surface area contributed by atoms with E-state index < -0.39 is 0 Å². The van der Waals surface area contributed by atoms with Gasteiger partial charge < -0.3 is 9.84 Å². The lowest BCUT2D eigenvalue weighted by Gasteiger charge is -2.06. The summed E-state index contributed by atoms with van der Waals surface area (Å²) < 4.78 is 7.00. The Morgan fingerprint density at radius 2 is 2.22 bits per heavy atom. The molecule has 0 atom stereocenters. The first-order valence-corrected chi connectivity index (χ1v) is 6.42. The van der Waals surface area contributed by atoms with Crippen LogP contribution in [0.25, 0.3) is 0 Å². The van der Waals surface area contributed by atoms with Crippen LogP contribution in [0.5, 0.6) is 5.75 Å². The van der Waals surface area contributed by atoms with Crippen molar-refractivity contribution in [3.05, 3.63) is 35.5 Å². The highest BCUT2D eigenvalue weighted by atomic mass is 32.2. The minimum atomic E-state index is 0.00593. The molecule has 0 spiro atoms.